The van der Waals surface area contributed by atoms with Crippen LogP contribution in [0.25, 0.3) is 0 Å². The lowest BCUT2D eigenvalue weighted by Crippen LogP contribution is -2.39. The second-order valence-electron chi connectivity index (χ2n) is 6.35. The molecule has 0 radical (unpaired) electrons. The second-order valence-corrected chi connectivity index (χ2v) is 8.40. The van der Waals surface area contributed by atoms with Gasteiger partial charge in [0.15, 0.2) is 9.74 Å². The molecule has 0 saturated heterocycles. The molecule has 2 heterocycles. The van der Waals surface area contributed by atoms with E-state index in [0.717, 1.165) is 0 Å². The van der Waals surface area contributed by atoms with E-state index in [4.69, 9.17) is 29.6 Å². The predicted molar refractivity (Wildman–Crippen MR) is 107 cm³/mol. The summed E-state index contributed by atoms with van der Waals surface area (Å²) in [6, 6.07) is 6.32. The molecule has 1 aliphatic carbocycles. The maximum Gasteiger partial charge on any atom is 0.216 e. The number of nitriles is 1. The van der Waals surface area contributed by atoms with E-state index in [0.29, 0.717) is 39.6 Å². The molecule has 1 aromatic heterocycles. The summed E-state index contributed by atoms with van der Waals surface area (Å²) in [6.45, 7) is 0. The van der Waals surface area contributed by atoms with E-state index >= 15 is 0 Å². The maximum absolute atomic E-state index is 14.7. The molecule has 0 fully saturated rings. The number of nitrogens with one attached hydrogen (secondary N) is 1. The summed E-state index contributed by atoms with van der Waals surface area (Å²) >= 11 is 12.6. The highest BCUT2D eigenvalue weighted by Gasteiger charge is 2.42. The number of hydrogen-bond acceptors (Lipinski definition) is 7. The average molecular weight is 434 g/mol. The van der Waals surface area contributed by atoms with Crippen LogP contribution in [0, 0.1) is 21.1 Å². The number of nitrogens with zero attached hydrogens (tertiary/aromatic N) is 3. The minimum absolute atomic E-state index is 0.0575. The van der Waals surface area contributed by atoms with E-state index in [1.807, 2.05) is 0 Å². The smallest absolute Gasteiger partial charge is 0.216 e. The van der Waals surface area contributed by atoms with Gasteiger partial charge in [-0.2, -0.15) is 5.26 Å². The van der Waals surface area contributed by atoms with Crippen LogP contribution in [0.3, 0.4) is 0 Å². The molecule has 1 aliphatic heterocycles. The van der Waals surface area contributed by atoms with Gasteiger partial charge in [-0.25, -0.2) is 4.39 Å². The lowest BCUT2D eigenvalue weighted by Gasteiger charge is -2.38. The van der Waals surface area contributed by atoms with E-state index in [2.05, 4.69) is 16.3 Å². The minimum atomic E-state index is -0.954. The summed E-state index contributed by atoms with van der Waals surface area (Å²) < 4.78 is 15.2. The number of carbonyl (C=O) groups excluding carboxylic acids is 1. The minimum Gasteiger partial charge on any atom is -0.384 e. The van der Waals surface area contributed by atoms with E-state index in [-0.39, 0.29) is 27.8 Å². The van der Waals surface area contributed by atoms with Crippen LogP contribution in [-0.2, 0) is 4.79 Å². The second kappa shape index (κ2) is 7.13. The number of ketones is 1. The third kappa shape index (κ3) is 2.85. The third-order valence-corrected chi connectivity index (χ3v) is 6.22. The van der Waals surface area contributed by atoms with Crippen molar-refractivity contribution >= 4 is 46.1 Å². The molecule has 28 heavy (non-hydrogen) atoms. The third-order valence-electron chi connectivity index (χ3n) is 4.82. The average Bonchev–Trinajstić information content (AvgIpc) is 3.07. The molecular formula is C18H13ClFN5OS2. The fourth-order valence-corrected chi connectivity index (χ4v) is 4.89. The van der Waals surface area contributed by atoms with E-state index in [1.54, 1.807) is 4.90 Å². The highest BCUT2D eigenvalue weighted by Crippen LogP contribution is 2.48. The summed E-state index contributed by atoms with van der Waals surface area (Å²) in [5.74, 6) is -1.61. The molecule has 3 N–H and O–H groups in total. The number of anilines is 1. The van der Waals surface area contributed by atoms with Gasteiger partial charge in [0.1, 0.15) is 11.6 Å². The fourth-order valence-electron chi connectivity index (χ4n) is 3.70. The van der Waals surface area contributed by atoms with E-state index in [9.17, 15) is 14.4 Å². The molecule has 1 aromatic carbocycles. The van der Waals surface area contributed by atoms with Crippen molar-refractivity contribution in [2.45, 2.75) is 25.2 Å². The van der Waals surface area contributed by atoms with E-state index in [1.165, 1.54) is 29.5 Å². The molecule has 10 heteroatoms. The Kier molecular flexibility index (Phi) is 4.79. The van der Waals surface area contributed by atoms with Crippen molar-refractivity contribution in [3.63, 3.8) is 0 Å². The number of nitrogens with two attached hydrogens (primary N) is 1. The number of hydrogen-bond donors (Lipinski definition) is 2. The Labute approximate surface area is 173 Å². The van der Waals surface area contributed by atoms with Crippen molar-refractivity contribution in [1.29, 1.82) is 5.26 Å². The summed E-state index contributed by atoms with van der Waals surface area (Å²) in [5, 5.41) is 17.3. The molecule has 0 amide bonds. The SMILES string of the molecule is N#CC1=C(N)N(c2n[nH]c(=S)s2)C2=C(C(=O)CCC2)C1c1c(F)cccc1Cl. The first-order chi connectivity index (χ1) is 13.4. The van der Waals surface area contributed by atoms with Crippen LogP contribution in [-0.4, -0.2) is 16.0 Å². The number of aromatic nitrogens is 2. The van der Waals surface area contributed by atoms with Gasteiger partial charge in [0.2, 0.25) is 5.13 Å². The van der Waals surface area contributed by atoms with Crippen LogP contribution in [0.1, 0.15) is 30.7 Å². The first-order valence-electron chi connectivity index (χ1n) is 8.39. The Morgan fingerprint density at radius 3 is 2.89 bits per heavy atom. The number of benzene rings is 1. The molecular weight excluding hydrogens is 421 g/mol. The zero-order valence-corrected chi connectivity index (χ0v) is 16.7. The van der Waals surface area contributed by atoms with Crippen molar-refractivity contribution in [2.24, 2.45) is 5.73 Å². The summed E-state index contributed by atoms with van der Waals surface area (Å²) in [7, 11) is 0. The van der Waals surface area contributed by atoms with Crippen LogP contribution >= 0.6 is 35.2 Å². The number of H-pyrrole nitrogens is 1. The molecule has 2 aliphatic rings. The predicted octanol–water partition coefficient (Wildman–Crippen LogP) is 4.30. The van der Waals surface area contributed by atoms with Crippen LogP contribution in [0.4, 0.5) is 9.52 Å². The van der Waals surface area contributed by atoms with Crippen LogP contribution in [0.5, 0.6) is 0 Å². The molecule has 1 unspecified atom stereocenters. The van der Waals surface area contributed by atoms with Gasteiger partial charge in [-0.05, 0) is 37.2 Å². The van der Waals surface area contributed by atoms with Gasteiger partial charge in [0.05, 0.1) is 17.6 Å². The normalized spacial score (nSPS) is 19.7. The molecule has 142 valence electrons. The number of Topliss-reactive ketones (excluding diaryl/α,β-unsaturated/α-hetero) is 1. The Bertz CT molecular complexity index is 1140. The molecule has 6 nitrogen and oxygen atoms in total. The summed E-state index contributed by atoms with van der Waals surface area (Å²) in [4.78, 5) is 14.5. The maximum atomic E-state index is 14.7. The molecule has 2 aromatic rings. The lowest BCUT2D eigenvalue weighted by atomic mass is 9.75. The van der Waals surface area contributed by atoms with Crippen molar-refractivity contribution in [3.05, 3.63) is 61.2 Å². The Morgan fingerprint density at radius 1 is 1.46 bits per heavy atom. The van der Waals surface area contributed by atoms with Crippen molar-refractivity contribution < 1.29 is 9.18 Å². The largest absolute Gasteiger partial charge is 0.384 e. The van der Waals surface area contributed by atoms with Gasteiger partial charge in [-0.1, -0.05) is 29.0 Å². The molecule has 0 saturated carbocycles. The van der Waals surface area contributed by atoms with E-state index < -0.39 is 11.7 Å². The highest BCUT2D eigenvalue weighted by atomic mass is 35.5. The Morgan fingerprint density at radius 2 is 2.25 bits per heavy atom. The highest BCUT2D eigenvalue weighted by molar-refractivity contribution is 7.73. The standard InChI is InChI=1S/C18H13ClFN5OS2/c19-9-3-1-4-10(20)14(9)13-8(7-21)16(22)25(17-23-24-18(27)28-17)11-5-2-6-12(26)15(11)13/h1,3-4,13H,2,5-6,22H2,(H,24,27). The molecule has 0 spiro atoms. The van der Waals surface area contributed by atoms with Crippen molar-refractivity contribution in [2.75, 3.05) is 4.90 Å². The van der Waals surface area contributed by atoms with Gasteiger partial charge < -0.3 is 5.73 Å². The quantitative estimate of drug-likeness (QED) is 0.685. The van der Waals surface area contributed by atoms with Crippen LogP contribution < -0.4 is 10.6 Å². The first kappa shape index (κ1) is 18.8. The number of halogens is 2. The Balaban J connectivity index is 2.04. The first-order valence-corrected chi connectivity index (χ1v) is 9.99. The van der Waals surface area contributed by atoms with Crippen molar-refractivity contribution in [1.82, 2.24) is 10.2 Å². The van der Waals surface area contributed by atoms with Gasteiger partial charge in [-0.15, -0.1) is 5.10 Å². The van der Waals surface area contributed by atoms with Crippen LogP contribution in [0.15, 0.2) is 40.9 Å². The van der Waals surface area contributed by atoms with Gasteiger partial charge >= 0.3 is 0 Å². The van der Waals surface area contributed by atoms with Gasteiger partial charge in [0.25, 0.3) is 0 Å². The number of rotatable bonds is 2. The molecule has 4 rings (SSSR count). The van der Waals surface area contributed by atoms with Gasteiger partial charge in [0, 0.05) is 28.3 Å². The molecule has 1 atom stereocenters. The number of allylic oxidation sites excluding steroid dienone is 3. The fraction of sp³-hybridized carbons (Fsp3) is 0.222. The summed E-state index contributed by atoms with van der Waals surface area (Å²) in [6.07, 6.45) is 1.47. The lowest BCUT2D eigenvalue weighted by molar-refractivity contribution is -0.116. The van der Waals surface area contributed by atoms with Gasteiger partial charge in [-0.3, -0.25) is 14.8 Å². The van der Waals surface area contributed by atoms with Crippen molar-refractivity contribution in [3.8, 4) is 6.07 Å². The molecule has 0 bridgehead atoms. The number of aromatic amines is 1. The number of carbonyl (C=O) groups is 1. The van der Waals surface area contributed by atoms with Crippen LogP contribution in [0.2, 0.25) is 5.02 Å². The topological polar surface area (TPSA) is 98.8 Å². The monoisotopic (exact) mass is 433 g/mol. The summed E-state index contributed by atoms with van der Waals surface area (Å²) in [5.41, 5.74) is 7.43. The Hall–Kier alpha value is -2.54. The zero-order valence-electron chi connectivity index (χ0n) is 14.3. The zero-order chi connectivity index (χ0) is 20.0.